The third-order valence-electron chi connectivity index (χ3n) is 2.89. The van der Waals surface area contributed by atoms with Crippen molar-refractivity contribution in [3.63, 3.8) is 0 Å². The van der Waals surface area contributed by atoms with Crippen molar-refractivity contribution < 1.29 is 4.79 Å². The predicted molar refractivity (Wildman–Crippen MR) is 70.4 cm³/mol. The third kappa shape index (κ3) is 2.72. The standard InChI is InChI=1S/C11H15N7O/c12-11-17-9(8-10(18-11)15-5-14-8)13-4-3-7(19)16-6-1-2-6/h5-6H,1-4H2,(H,16,19)(H4,12,13,14,15,17,18). The summed E-state index contributed by atoms with van der Waals surface area (Å²) in [5.74, 6) is 0.779. The molecule has 1 amide bonds. The summed E-state index contributed by atoms with van der Waals surface area (Å²) in [5, 5.41) is 6.00. The maximum atomic E-state index is 11.5. The lowest BCUT2D eigenvalue weighted by atomic mass is 10.3. The topological polar surface area (TPSA) is 122 Å². The zero-order chi connectivity index (χ0) is 13.2. The van der Waals surface area contributed by atoms with Crippen LogP contribution in [0.2, 0.25) is 0 Å². The van der Waals surface area contributed by atoms with Crippen LogP contribution in [0.3, 0.4) is 0 Å². The molecule has 0 atom stereocenters. The fourth-order valence-electron chi connectivity index (χ4n) is 1.80. The summed E-state index contributed by atoms with van der Waals surface area (Å²) < 4.78 is 0. The van der Waals surface area contributed by atoms with Crippen LogP contribution in [0.15, 0.2) is 6.33 Å². The van der Waals surface area contributed by atoms with Gasteiger partial charge in [-0.05, 0) is 12.8 Å². The Bertz CT molecular complexity index is 604. The molecule has 8 nitrogen and oxygen atoms in total. The minimum absolute atomic E-state index is 0.0536. The van der Waals surface area contributed by atoms with E-state index in [0.717, 1.165) is 12.8 Å². The maximum absolute atomic E-state index is 11.5. The predicted octanol–water partition coefficient (Wildman–Crippen LogP) is 0.0157. The van der Waals surface area contributed by atoms with Crippen LogP contribution in [0.5, 0.6) is 0 Å². The Morgan fingerprint density at radius 3 is 3.11 bits per heavy atom. The average molecular weight is 261 g/mol. The molecule has 0 saturated heterocycles. The Morgan fingerprint density at radius 2 is 2.32 bits per heavy atom. The van der Waals surface area contributed by atoms with Crippen molar-refractivity contribution in [3.8, 4) is 0 Å². The van der Waals surface area contributed by atoms with E-state index in [1.807, 2.05) is 0 Å². The van der Waals surface area contributed by atoms with Gasteiger partial charge in [-0.15, -0.1) is 0 Å². The Kier molecular flexibility index (Phi) is 2.90. The number of nitrogens with two attached hydrogens (primary N) is 1. The molecule has 100 valence electrons. The lowest BCUT2D eigenvalue weighted by Gasteiger charge is -2.07. The highest BCUT2D eigenvalue weighted by Gasteiger charge is 2.22. The van der Waals surface area contributed by atoms with Crippen LogP contribution in [0.25, 0.3) is 11.2 Å². The number of amides is 1. The number of imidazole rings is 1. The molecule has 0 aliphatic heterocycles. The van der Waals surface area contributed by atoms with Crippen molar-refractivity contribution in [1.29, 1.82) is 0 Å². The number of anilines is 2. The van der Waals surface area contributed by atoms with Gasteiger partial charge in [-0.1, -0.05) is 0 Å². The molecule has 1 aliphatic rings. The molecule has 1 aliphatic carbocycles. The van der Waals surface area contributed by atoms with Gasteiger partial charge in [-0.3, -0.25) is 4.79 Å². The van der Waals surface area contributed by atoms with Crippen molar-refractivity contribution in [2.24, 2.45) is 0 Å². The lowest BCUT2D eigenvalue weighted by Crippen LogP contribution is -2.27. The van der Waals surface area contributed by atoms with E-state index < -0.39 is 0 Å². The average Bonchev–Trinajstić information content (AvgIpc) is 3.04. The van der Waals surface area contributed by atoms with Gasteiger partial charge in [0.25, 0.3) is 0 Å². The molecular formula is C11H15N7O. The summed E-state index contributed by atoms with van der Waals surface area (Å²) in [7, 11) is 0. The molecule has 19 heavy (non-hydrogen) atoms. The zero-order valence-corrected chi connectivity index (χ0v) is 10.3. The fourth-order valence-corrected chi connectivity index (χ4v) is 1.80. The van der Waals surface area contributed by atoms with Gasteiger partial charge in [0.15, 0.2) is 11.5 Å². The second-order valence-corrected chi connectivity index (χ2v) is 4.55. The highest BCUT2D eigenvalue weighted by molar-refractivity contribution is 5.84. The van der Waals surface area contributed by atoms with Gasteiger partial charge in [-0.25, -0.2) is 4.98 Å². The van der Waals surface area contributed by atoms with Crippen LogP contribution in [0.4, 0.5) is 11.8 Å². The van der Waals surface area contributed by atoms with Crippen LogP contribution in [-0.4, -0.2) is 38.4 Å². The van der Waals surface area contributed by atoms with Crippen molar-refractivity contribution in [3.05, 3.63) is 6.33 Å². The van der Waals surface area contributed by atoms with E-state index in [-0.39, 0.29) is 11.9 Å². The number of fused-ring (bicyclic) bond motifs is 1. The van der Waals surface area contributed by atoms with Gasteiger partial charge in [0, 0.05) is 19.0 Å². The van der Waals surface area contributed by atoms with E-state index >= 15 is 0 Å². The van der Waals surface area contributed by atoms with Gasteiger partial charge >= 0.3 is 0 Å². The summed E-state index contributed by atoms with van der Waals surface area (Å²) in [6.45, 7) is 0.489. The summed E-state index contributed by atoms with van der Waals surface area (Å²) in [4.78, 5) is 26.6. The van der Waals surface area contributed by atoms with E-state index in [2.05, 4.69) is 30.6 Å². The minimum Gasteiger partial charge on any atom is -0.368 e. The molecule has 1 fully saturated rings. The molecule has 5 N–H and O–H groups in total. The number of nitrogens with zero attached hydrogens (tertiary/aromatic N) is 3. The first-order chi connectivity index (χ1) is 9.22. The highest BCUT2D eigenvalue weighted by Crippen LogP contribution is 2.19. The van der Waals surface area contributed by atoms with Crippen LogP contribution >= 0.6 is 0 Å². The number of hydrogen-bond acceptors (Lipinski definition) is 6. The van der Waals surface area contributed by atoms with Gasteiger partial charge < -0.3 is 21.4 Å². The maximum Gasteiger partial charge on any atom is 0.224 e. The quantitative estimate of drug-likeness (QED) is 0.601. The van der Waals surface area contributed by atoms with Crippen molar-refractivity contribution in [2.45, 2.75) is 25.3 Å². The first kappa shape index (κ1) is 11.7. The lowest BCUT2D eigenvalue weighted by molar-refractivity contribution is -0.120. The van der Waals surface area contributed by atoms with Crippen LogP contribution in [0.1, 0.15) is 19.3 Å². The third-order valence-corrected chi connectivity index (χ3v) is 2.89. The Morgan fingerprint density at radius 1 is 1.47 bits per heavy atom. The van der Waals surface area contributed by atoms with Gasteiger partial charge in [0.05, 0.1) is 6.33 Å². The number of aromatic amines is 1. The molecule has 8 heteroatoms. The van der Waals surface area contributed by atoms with Crippen molar-refractivity contribution in [2.75, 3.05) is 17.6 Å². The number of carbonyl (C=O) groups excluding carboxylic acids is 1. The molecule has 3 rings (SSSR count). The SMILES string of the molecule is Nc1nc(NCCC(=O)NC2CC2)c2[nH]cnc2n1. The molecule has 0 unspecified atom stereocenters. The number of rotatable bonds is 5. The second-order valence-electron chi connectivity index (χ2n) is 4.55. The molecule has 0 bridgehead atoms. The van der Waals surface area contributed by atoms with Crippen LogP contribution in [0, 0.1) is 0 Å². The number of carbonyl (C=O) groups is 1. The molecule has 0 aromatic carbocycles. The molecule has 2 aromatic heterocycles. The smallest absolute Gasteiger partial charge is 0.224 e. The zero-order valence-electron chi connectivity index (χ0n) is 10.3. The van der Waals surface area contributed by atoms with Gasteiger partial charge in [0.1, 0.15) is 5.52 Å². The fraction of sp³-hybridized carbons (Fsp3) is 0.455. The van der Waals surface area contributed by atoms with E-state index in [1.54, 1.807) is 0 Å². The summed E-state index contributed by atoms with van der Waals surface area (Å²) in [6.07, 6.45) is 4.12. The Labute approximate surface area is 109 Å². The van der Waals surface area contributed by atoms with Crippen molar-refractivity contribution >= 4 is 28.8 Å². The normalized spacial score (nSPS) is 14.5. The molecule has 2 heterocycles. The van der Waals surface area contributed by atoms with Gasteiger partial charge in [0.2, 0.25) is 11.9 Å². The summed E-state index contributed by atoms with van der Waals surface area (Å²) in [5.41, 5.74) is 6.80. The second kappa shape index (κ2) is 4.71. The molecular weight excluding hydrogens is 246 g/mol. The summed E-state index contributed by atoms with van der Waals surface area (Å²) >= 11 is 0. The van der Waals surface area contributed by atoms with Gasteiger partial charge in [-0.2, -0.15) is 9.97 Å². The Hall–Kier alpha value is -2.38. The van der Waals surface area contributed by atoms with Crippen molar-refractivity contribution in [1.82, 2.24) is 25.3 Å². The molecule has 2 aromatic rings. The number of aromatic nitrogens is 4. The number of nitrogen functional groups attached to an aromatic ring is 1. The van der Waals surface area contributed by atoms with E-state index in [4.69, 9.17) is 5.73 Å². The van der Waals surface area contributed by atoms with E-state index in [0.29, 0.717) is 36.0 Å². The molecule has 0 radical (unpaired) electrons. The van der Waals surface area contributed by atoms with E-state index in [9.17, 15) is 4.79 Å². The number of H-pyrrole nitrogens is 1. The largest absolute Gasteiger partial charge is 0.368 e. The monoisotopic (exact) mass is 261 g/mol. The summed E-state index contributed by atoms with van der Waals surface area (Å²) in [6, 6.07) is 0.390. The molecule has 0 spiro atoms. The first-order valence-corrected chi connectivity index (χ1v) is 6.22. The van der Waals surface area contributed by atoms with E-state index in [1.165, 1.54) is 6.33 Å². The Balaban J connectivity index is 1.61. The number of hydrogen-bond donors (Lipinski definition) is 4. The first-order valence-electron chi connectivity index (χ1n) is 6.22. The van der Waals surface area contributed by atoms with Crippen LogP contribution < -0.4 is 16.4 Å². The molecule has 1 saturated carbocycles. The van der Waals surface area contributed by atoms with Crippen LogP contribution in [-0.2, 0) is 4.79 Å². The minimum atomic E-state index is 0.0536. The highest BCUT2D eigenvalue weighted by atomic mass is 16.1. The number of nitrogens with one attached hydrogen (secondary N) is 3.